The molecule has 1 heterocycles. The summed E-state index contributed by atoms with van der Waals surface area (Å²) in [5.74, 6) is 0.553. The molecule has 1 aliphatic rings. The summed E-state index contributed by atoms with van der Waals surface area (Å²) < 4.78 is 0. The molecule has 0 aromatic heterocycles. The lowest BCUT2D eigenvalue weighted by molar-refractivity contribution is -0.132. The summed E-state index contributed by atoms with van der Waals surface area (Å²) in [5, 5.41) is 20.6. The van der Waals surface area contributed by atoms with E-state index in [2.05, 4.69) is 53.7 Å². The van der Waals surface area contributed by atoms with E-state index < -0.39 is 0 Å². The highest BCUT2D eigenvalue weighted by Crippen LogP contribution is 2.40. The van der Waals surface area contributed by atoms with Crippen molar-refractivity contribution in [2.45, 2.75) is 104 Å². The average molecular weight is 390 g/mol. The van der Waals surface area contributed by atoms with E-state index in [9.17, 15) is 15.0 Å². The van der Waals surface area contributed by atoms with Gasteiger partial charge in [-0.3, -0.25) is 4.79 Å². The Morgan fingerprint density at radius 2 is 1.68 bits per heavy atom. The second kappa shape index (κ2) is 8.44. The van der Waals surface area contributed by atoms with Gasteiger partial charge in [-0.2, -0.15) is 0 Å². The summed E-state index contributed by atoms with van der Waals surface area (Å²) >= 11 is 0. The van der Waals surface area contributed by atoms with Crippen molar-refractivity contribution >= 4 is 5.91 Å². The van der Waals surface area contributed by atoms with E-state index in [1.807, 2.05) is 4.90 Å². The lowest BCUT2D eigenvalue weighted by Gasteiger charge is -2.29. The molecule has 1 aromatic carbocycles. The summed E-state index contributed by atoms with van der Waals surface area (Å²) in [6, 6.07) is 4.30. The molecule has 0 aliphatic carbocycles. The van der Waals surface area contributed by atoms with Crippen molar-refractivity contribution in [1.82, 2.24) is 4.90 Å². The summed E-state index contributed by atoms with van der Waals surface area (Å²) in [7, 11) is 0. The first-order chi connectivity index (χ1) is 12.8. The maximum Gasteiger partial charge on any atom is 0.223 e. The third kappa shape index (κ3) is 5.50. The van der Waals surface area contributed by atoms with Crippen molar-refractivity contribution in [2.75, 3.05) is 6.54 Å². The fourth-order valence-corrected chi connectivity index (χ4v) is 4.18. The van der Waals surface area contributed by atoms with E-state index in [0.29, 0.717) is 25.0 Å². The molecule has 0 radical (unpaired) electrons. The van der Waals surface area contributed by atoms with Crippen molar-refractivity contribution in [3.05, 3.63) is 28.8 Å². The number of aliphatic hydroxyl groups is 1. The molecule has 2 N–H and O–H groups in total. The molecule has 1 saturated heterocycles. The molecule has 2 rings (SSSR count). The van der Waals surface area contributed by atoms with Gasteiger partial charge < -0.3 is 15.1 Å². The molecule has 0 unspecified atom stereocenters. The van der Waals surface area contributed by atoms with Crippen LogP contribution in [0.5, 0.6) is 5.75 Å². The first-order valence-electron chi connectivity index (χ1n) is 10.6. The zero-order valence-corrected chi connectivity index (χ0v) is 18.8. The number of benzene rings is 1. The third-order valence-electron chi connectivity index (χ3n) is 5.72. The molecule has 28 heavy (non-hydrogen) atoms. The van der Waals surface area contributed by atoms with Crippen LogP contribution in [0.4, 0.5) is 0 Å². The van der Waals surface area contributed by atoms with Gasteiger partial charge >= 0.3 is 0 Å². The van der Waals surface area contributed by atoms with E-state index in [0.717, 1.165) is 36.1 Å². The number of phenols is 1. The number of aromatic hydroxyl groups is 1. The van der Waals surface area contributed by atoms with E-state index >= 15 is 0 Å². The lowest BCUT2D eigenvalue weighted by Crippen LogP contribution is -2.37. The zero-order chi connectivity index (χ0) is 21.3. The monoisotopic (exact) mass is 389 g/mol. The Morgan fingerprint density at radius 1 is 1.14 bits per heavy atom. The maximum atomic E-state index is 12.8. The highest BCUT2D eigenvalue weighted by molar-refractivity contribution is 5.77. The molecular formula is C24H39NO3. The molecule has 1 aliphatic heterocycles. The molecule has 1 amide bonds. The lowest BCUT2D eigenvalue weighted by atomic mass is 9.78. The van der Waals surface area contributed by atoms with E-state index in [-0.39, 0.29) is 28.9 Å². The molecule has 158 valence electrons. The van der Waals surface area contributed by atoms with Crippen LogP contribution in [0, 0.1) is 0 Å². The van der Waals surface area contributed by atoms with E-state index in [1.54, 1.807) is 6.92 Å². The predicted molar refractivity (Wildman–Crippen MR) is 115 cm³/mol. The molecule has 2 atom stereocenters. The van der Waals surface area contributed by atoms with Crippen molar-refractivity contribution in [3.8, 4) is 5.75 Å². The summed E-state index contributed by atoms with van der Waals surface area (Å²) in [6.45, 7) is 15.2. The molecule has 1 fully saturated rings. The highest BCUT2D eigenvalue weighted by Gasteiger charge is 2.30. The first-order valence-corrected chi connectivity index (χ1v) is 10.6. The highest BCUT2D eigenvalue weighted by atomic mass is 16.3. The standard InChI is InChI=1S/C24H39NO3/c1-16(26)13-18-9-8-12-25(18)21(27)11-10-17-14-19(23(2,3)4)22(28)20(15-17)24(5,6)7/h14-16,18,26,28H,8-13H2,1-7H3/t16-,18+/m0/s1. The second-order valence-corrected chi connectivity index (χ2v) is 10.5. The number of phenolic OH excluding ortho intramolecular Hbond substituents is 1. The SMILES string of the molecule is C[C@H](O)C[C@H]1CCCN1C(=O)CCc1cc(C(C)(C)C)c(O)c(C(C)(C)C)c1. The third-order valence-corrected chi connectivity index (χ3v) is 5.72. The van der Waals surface area contributed by atoms with Crippen LogP contribution >= 0.6 is 0 Å². The number of aryl methyl sites for hydroxylation is 1. The Morgan fingerprint density at radius 3 is 2.14 bits per heavy atom. The van der Waals surface area contributed by atoms with Crippen LogP contribution < -0.4 is 0 Å². The van der Waals surface area contributed by atoms with Gasteiger partial charge in [0, 0.05) is 19.0 Å². The molecule has 1 aromatic rings. The Hall–Kier alpha value is -1.55. The smallest absolute Gasteiger partial charge is 0.223 e. The second-order valence-electron chi connectivity index (χ2n) is 10.5. The molecule has 0 spiro atoms. The van der Waals surface area contributed by atoms with Gasteiger partial charge in [-0.05, 0) is 60.1 Å². The maximum absolute atomic E-state index is 12.8. The van der Waals surface area contributed by atoms with E-state index in [4.69, 9.17) is 0 Å². The van der Waals surface area contributed by atoms with Crippen LogP contribution in [0.25, 0.3) is 0 Å². The van der Waals surface area contributed by atoms with Gasteiger partial charge in [0.05, 0.1) is 6.10 Å². The number of carbonyl (C=O) groups excluding carboxylic acids is 1. The normalized spacial score (nSPS) is 19.1. The Bertz CT molecular complexity index is 660. The van der Waals surface area contributed by atoms with Gasteiger partial charge in [0.1, 0.15) is 5.75 Å². The number of hydrogen-bond donors (Lipinski definition) is 2. The minimum absolute atomic E-state index is 0.165. The van der Waals surface area contributed by atoms with Gasteiger partial charge in [-0.25, -0.2) is 0 Å². The van der Waals surface area contributed by atoms with Crippen molar-refractivity contribution in [2.24, 2.45) is 0 Å². The number of amides is 1. The minimum Gasteiger partial charge on any atom is -0.507 e. The number of hydrogen-bond acceptors (Lipinski definition) is 3. The van der Waals surface area contributed by atoms with Gasteiger partial charge in [-0.15, -0.1) is 0 Å². The molecular weight excluding hydrogens is 350 g/mol. The average Bonchev–Trinajstić information content (AvgIpc) is 2.98. The number of likely N-dealkylation sites (tertiary alicyclic amines) is 1. The fraction of sp³-hybridized carbons (Fsp3) is 0.708. The van der Waals surface area contributed by atoms with Crippen molar-refractivity contribution < 1.29 is 15.0 Å². The largest absolute Gasteiger partial charge is 0.507 e. The summed E-state index contributed by atoms with van der Waals surface area (Å²) in [4.78, 5) is 14.8. The zero-order valence-electron chi connectivity index (χ0n) is 18.8. The summed E-state index contributed by atoms with van der Waals surface area (Å²) in [5.41, 5.74) is 2.65. The minimum atomic E-state index is -0.376. The Labute approximate surface area is 171 Å². The van der Waals surface area contributed by atoms with Gasteiger partial charge in [-0.1, -0.05) is 53.7 Å². The molecule has 0 saturated carbocycles. The van der Waals surface area contributed by atoms with Crippen LogP contribution in [-0.4, -0.2) is 39.7 Å². The van der Waals surface area contributed by atoms with Crippen molar-refractivity contribution in [3.63, 3.8) is 0 Å². The summed E-state index contributed by atoms with van der Waals surface area (Å²) in [6.07, 6.45) is 3.42. The predicted octanol–water partition coefficient (Wildman–Crippen LogP) is 4.68. The molecule has 4 heteroatoms. The van der Waals surface area contributed by atoms with Crippen LogP contribution in [0.1, 0.15) is 90.8 Å². The number of carbonyl (C=O) groups is 1. The van der Waals surface area contributed by atoms with Crippen LogP contribution in [-0.2, 0) is 22.0 Å². The molecule has 0 bridgehead atoms. The van der Waals surface area contributed by atoms with Gasteiger partial charge in [0.25, 0.3) is 0 Å². The first kappa shape index (κ1) is 22.7. The number of nitrogens with zero attached hydrogens (tertiary/aromatic N) is 1. The van der Waals surface area contributed by atoms with Gasteiger partial charge in [0.15, 0.2) is 0 Å². The Kier molecular flexibility index (Phi) is 6.86. The fourth-order valence-electron chi connectivity index (χ4n) is 4.18. The number of aliphatic hydroxyl groups excluding tert-OH is 1. The Balaban J connectivity index is 2.21. The topological polar surface area (TPSA) is 60.8 Å². The quantitative estimate of drug-likeness (QED) is 0.768. The van der Waals surface area contributed by atoms with Crippen LogP contribution in [0.2, 0.25) is 0 Å². The van der Waals surface area contributed by atoms with Crippen molar-refractivity contribution in [1.29, 1.82) is 0 Å². The number of rotatable bonds is 5. The molecule has 4 nitrogen and oxygen atoms in total. The van der Waals surface area contributed by atoms with E-state index in [1.165, 1.54) is 0 Å². The van der Waals surface area contributed by atoms with Crippen LogP contribution in [0.3, 0.4) is 0 Å². The van der Waals surface area contributed by atoms with Crippen LogP contribution in [0.15, 0.2) is 12.1 Å². The van der Waals surface area contributed by atoms with Gasteiger partial charge in [0.2, 0.25) is 5.91 Å².